The van der Waals surface area contributed by atoms with E-state index in [1.165, 1.54) is 0 Å². The summed E-state index contributed by atoms with van der Waals surface area (Å²) < 4.78 is 0. The molecule has 1 rings (SSSR count). The van der Waals surface area contributed by atoms with Crippen molar-refractivity contribution < 1.29 is 4.79 Å². The third-order valence-electron chi connectivity index (χ3n) is 2.77. The molecule has 1 heterocycles. The zero-order chi connectivity index (χ0) is 12.7. The molecule has 0 aliphatic rings. The molecule has 17 heavy (non-hydrogen) atoms. The number of nitrogens with zero attached hydrogens (tertiary/aromatic N) is 1. The summed E-state index contributed by atoms with van der Waals surface area (Å²) in [5.74, 6) is 0.517. The monoisotopic (exact) mass is 254 g/mol. The van der Waals surface area contributed by atoms with E-state index in [4.69, 9.17) is 11.6 Å². The number of amides is 1. The first-order valence-electron chi connectivity index (χ1n) is 6.10. The van der Waals surface area contributed by atoms with Gasteiger partial charge < -0.3 is 5.32 Å². The summed E-state index contributed by atoms with van der Waals surface area (Å²) in [6.07, 6.45) is 5.56. The lowest BCUT2D eigenvalue weighted by atomic mass is 9.98. The predicted molar refractivity (Wildman–Crippen MR) is 71.2 cm³/mol. The molecule has 94 valence electrons. The number of carbonyl (C=O) groups is 1. The molecule has 1 aromatic heterocycles. The standard InChI is InChI=1S/C13H19ClN2O/c1-3-5-7-10(4-2)13(17)16-12-11(14)8-6-9-15-12/h6,8-10H,3-5,7H2,1-2H3,(H,15,16,17). The Morgan fingerprint density at radius 2 is 2.29 bits per heavy atom. The molecular weight excluding hydrogens is 236 g/mol. The van der Waals surface area contributed by atoms with Crippen molar-refractivity contribution in [2.75, 3.05) is 5.32 Å². The number of hydrogen-bond acceptors (Lipinski definition) is 2. The Balaban J connectivity index is 2.61. The Kier molecular flexibility index (Phi) is 5.98. The van der Waals surface area contributed by atoms with Crippen LogP contribution in [0.4, 0.5) is 5.82 Å². The first-order chi connectivity index (χ1) is 8.19. The summed E-state index contributed by atoms with van der Waals surface area (Å²) in [6.45, 7) is 4.15. The van der Waals surface area contributed by atoms with E-state index in [0.29, 0.717) is 10.8 Å². The normalized spacial score (nSPS) is 12.2. The molecule has 1 N–H and O–H groups in total. The van der Waals surface area contributed by atoms with Gasteiger partial charge in [-0.15, -0.1) is 0 Å². The topological polar surface area (TPSA) is 42.0 Å². The smallest absolute Gasteiger partial charge is 0.228 e. The average molecular weight is 255 g/mol. The summed E-state index contributed by atoms with van der Waals surface area (Å²) in [7, 11) is 0. The van der Waals surface area contributed by atoms with Crippen molar-refractivity contribution in [3.8, 4) is 0 Å². The molecule has 0 saturated heterocycles. The molecule has 0 radical (unpaired) electrons. The highest BCUT2D eigenvalue weighted by Gasteiger charge is 2.17. The van der Waals surface area contributed by atoms with Crippen LogP contribution < -0.4 is 5.32 Å². The Morgan fingerprint density at radius 3 is 2.88 bits per heavy atom. The summed E-state index contributed by atoms with van der Waals surface area (Å²) in [6, 6.07) is 3.46. The van der Waals surface area contributed by atoms with Crippen LogP contribution in [0.15, 0.2) is 18.3 Å². The van der Waals surface area contributed by atoms with Gasteiger partial charge in [-0.25, -0.2) is 4.98 Å². The van der Waals surface area contributed by atoms with Crippen LogP contribution in [-0.4, -0.2) is 10.9 Å². The molecule has 0 fully saturated rings. The highest BCUT2D eigenvalue weighted by atomic mass is 35.5. The van der Waals surface area contributed by atoms with Crippen LogP contribution in [0.1, 0.15) is 39.5 Å². The Hall–Kier alpha value is -1.09. The van der Waals surface area contributed by atoms with E-state index in [9.17, 15) is 4.79 Å². The summed E-state index contributed by atoms with van der Waals surface area (Å²) in [5, 5.41) is 3.27. The minimum Gasteiger partial charge on any atom is -0.309 e. The third-order valence-corrected chi connectivity index (χ3v) is 3.07. The molecule has 4 heteroatoms. The molecule has 1 atom stereocenters. The second-order valence-electron chi connectivity index (χ2n) is 4.07. The van der Waals surface area contributed by atoms with Gasteiger partial charge >= 0.3 is 0 Å². The largest absolute Gasteiger partial charge is 0.309 e. The maximum atomic E-state index is 12.0. The zero-order valence-electron chi connectivity index (χ0n) is 10.4. The molecule has 0 spiro atoms. The van der Waals surface area contributed by atoms with E-state index in [-0.39, 0.29) is 11.8 Å². The van der Waals surface area contributed by atoms with Gasteiger partial charge in [0.05, 0.1) is 5.02 Å². The van der Waals surface area contributed by atoms with E-state index in [2.05, 4.69) is 17.2 Å². The highest BCUT2D eigenvalue weighted by Crippen LogP contribution is 2.20. The fourth-order valence-electron chi connectivity index (χ4n) is 1.67. The van der Waals surface area contributed by atoms with Crippen molar-refractivity contribution in [1.82, 2.24) is 4.98 Å². The Labute approximate surface area is 108 Å². The number of rotatable bonds is 6. The van der Waals surface area contributed by atoms with E-state index >= 15 is 0 Å². The van der Waals surface area contributed by atoms with Crippen molar-refractivity contribution in [3.63, 3.8) is 0 Å². The van der Waals surface area contributed by atoms with Gasteiger partial charge in [-0.1, -0.05) is 38.3 Å². The van der Waals surface area contributed by atoms with E-state index in [1.807, 2.05) is 6.92 Å². The number of unbranched alkanes of at least 4 members (excludes halogenated alkanes) is 1. The lowest BCUT2D eigenvalue weighted by molar-refractivity contribution is -0.120. The van der Waals surface area contributed by atoms with E-state index < -0.39 is 0 Å². The van der Waals surface area contributed by atoms with Crippen LogP contribution in [0.25, 0.3) is 0 Å². The second-order valence-corrected chi connectivity index (χ2v) is 4.48. The second kappa shape index (κ2) is 7.28. The summed E-state index contributed by atoms with van der Waals surface area (Å²) >= 11 is 5.94. The SMILES string of the molecule is CCCCC(CC)C(=O)Nc1ncccc1Cl. The van der Waals surface area contributed by atoms with Crippen molar-refractivity contribution in [3.05, 3.63) is 23.4 Å². The molecule has 0 aliphatic carbocycles. The number of pyridine rings is 1. The van der Waals surface area contributed by atoms with Gasteiger partial charge in [0.1, 0.15) is 0 Å². The van der Waals surface area contributed by atoms with Gasteiger partial charge in [-0.2, -0.15) is 0 Å². The van der Waals surface area contributed by atoms with Gasteiger partial charge in [0.2, 0.25) is 5.91 Å². The van der Waals surface area contributed by atoms with Gasteiger partial charge in [0.25, 0.3) is 0 Å². The molecule has 0 aliphatic heterocycles. The number of aromatic nitrogens is 1. The molecule has 1 unspecified atom stereocenters. The van der Waals surface area contributed by atoms with E-state index in [0.717, 1.165) is 25.7 Å². The highest BCUT2D eigenvalue weighted by molar-refractivity contribution is 6.33. The van der Waals surface area contributed by atoms with Crippen molar-refractivity contribution in [2.24, 2.45) is 5.92 Å². The van der Waals surface area contributed by atoms with E-state index in [1.54, 1.807) is 18.3 Å². The number of hydrogen-bond donors (Lipinski definition) is 1. The van der Waals surface area contributed by atoms with Crippen LogP contribution in [0, 0.1) is 5.92 Å². The number of carbonyl (C=O) groups excluding carboxylic acids is 1. The molecule has 3 nitrogen and oxygen atoms in total. The predicted octanol–water partition coefficient (Wildman–Crippen LogP) is 3.89. The fourth-order valence-corrected chi connectivity index (χ4v) is 1.84. The maximum absolute atomic E-state index is 12.0. The minimum absolute atomic E-state index is 0.0153. The lowest BCUT2D eigenvalue weighted by Gasteiger charge is -2.14. The zero-order valence-corrected chi connectivity index (χ0v) is 11.1. The Morgan fingerprint density at radius 1 is 1.53 bits per heavy atom. The van der Waals surface area contributed by atoms with Crippen LogP contribution in [0.3, 0.4) is 0 Å². The van der Waals surface area contributed by atoms with Crippen LogP contribution in [-0.2, 0) is 4.79 Å². The molecule has 0 bridgehead atoms. The van der Waals surface area contributed by atoms with Crippen molar-refractivity contribution in [2.45, 2.75) is 39.5 Å². The van der Waals surface area contributed by atoms with Crippen LogP contribution >= 0.6 is 11.6 Å². The third kappa shape index (κ3) is 4.35. The van der Waals surface area contributed by atoms with Crippen LogP contribution in [0.2, 0.25) is 5.02 Å². The molecular formula is C13H19ClN2O. The quantitative estimate of drug-likeness (QED) is 0.837. The number of anilines is 1. The summed E-state index contributed by atoms with van der Waals surface area (Å²) in [4.78, 5) is 16.0. The molecule has 0 aromatic carbocycles. The van der Waals surface area contributed by atoms with Gasteiger partial charge in [0.15, 0.2) is 5.82 Å². The Bertz CT molecular complexity index is 368. The average Bonchev–Trinajstić information content (AvgIpc) is 2.33. The van der Waals surface area contributed by atoms with Crippen molar-refractivity contribution >= 4 is 23.3 Å². The number of nitrogens with one attached hydrogen (secondary N) is 1. The minimum atomic E-state index is 0.0153. The maximum Gasteiger partial charge on any atom is 0.228 e. The first kappa shape index (κ1) is 14.0. The van der Waals surface area contributed by atoms with Crippen molar-refractivity contribution in [1.29, 1.82) is 0 Å². The first-order valence-corrected chi connectivity index (χ1v) is 6.48. The fraction of sp³-hybridized carbons (Fsp3) is 0.538. The summed E-state index contributed by atoms with van der Waals surface area (Å²) in [5.41, 5.74) is 0. The molecule has 0 saturated carbocycles. The molecule has 1 amide bonds. The van der Waals surface area contributed by atoms with Gasteiger partial charge in [0, 0.05) is 12.1 Å². The molecule has 1 aromatic rings. The lowest BCUT2D eigenvalue weighted by Crippen LogP contribution is -2.23. The van der Waals surface area contributed by atoms with Gasteiger partial charge in [-0.3, -0.25) is 4.79 Å². The van der Waals surface area contributed by atoms with Crippen LogP contribution in [0.5, 0.6) is 0 Å². The van der Waals surface area contributed by atoms with Gasteiger partial charge in [-0.05, 0) is 25.0 Å². The number of halogens is 1.